The van der Waals surface area contributed by atoms with Gasteiger partial charge in [0, 0.05) is 30.1 Å². The van der Waals surface area contributed by atoms with Crippen LogP contribution in [0.2, 0.25) is 0 Å². The Morgan fingerprint density at radius 3 is 2.32 bits per heavy atom. The topological polar surface area (TPSA) is 100 Å². The largest absolute Gasteiger partial charge is 0.348 e. The third-order valence-corrected chi connectivity index (χ3v) is 8.55. The van der Waals surface area contributed by atoms with Gasteiger partial charge in [0.25, 0.3) is 5.91 Å². The third-order valence-electron chi connectivity index (χ3n) is 7.54. The van der Waals surface area contributed by atoms with Crippen molar-refractivity contribution in [2.24, 2.45) is 4.99 Å². The number of nitrogens with zero attached hydrogens (tertiary/aromatic N) is 7. The molecule has 0 aliphatic carbocycles. The van der Waals surface area contributed by atoms with Crippen molar-refractivity contribution in [3.63, 3.8) is 0 Å². The van der Waals surface area contributed by atoms with Crippen LogP contribution in [-0.2, 0) is 0 Å². The van der Waals surface area contributed by atoms with E-state index in [1.165, 1.54) is 4.68 Å². The summed E-state index contributed by atoms with van der Waals surface area (Å²) in [6.45, 7) is 12.3. The van der Waals surface area contributed by atoms with Crippen LogP contribution in [0.3, 0.4) is 0 Å². The summed E-state index contributed by atoms with van der Waals surface area (Å²) in [5.74, 6) is 0.747. The van der Waals surface area contributed by atoms with Crippen molar-refractivity contribution in [2.45, 2.75) is 91.9 Å². The van der Waals surface area contributed by atoms with Crippen LogP contribution in [0.25, 0.3) is 11.3 Å². The molecule has 0 radical (unpaired) electrons. The molecule has 4 rings (SSSR count). The zero-order valence-electron chi connectivity index (χ0n) is 25.0. The van der Waals surface area contributed by atoms with Gasteiger partial charge in [0.1, 0.15) is 28.0 Å². The number of aliphatic imine (C=N–C) groups is 1. The predicted octanol–water partition coefficient (Wildman–Crippen LogP) is 8.11. The van der Waals surface area contributed by atoms with Gasteiger partial charge < -0.3 is 4.90 Å². The number of unbranched alkanes of at least 4 members (excludes halogenated alkanes) is 3. The fourth-order valence-corrected chi connectivity index (χ4v) is 6.00. The minimum absolute atomic E-state index is 0.0489. The van der Waals surface area contributed by atoms with Crippen LogP contribution in [0.5, 0.6) is 0 Å². The molecule has 1 aliphatic rings. The highest BCUT2D eigenvalue weighted by molar-refractivity contribution is 7.19. The molecule has 0 spiro atoms. The number of thiazole rings is 1. The molecule has 1 aromatic carbocycles. The highest BCUT2D eigenvalue weighted by Crippen LogP contribution is 2.41. The average molecular weight is 572 g/mol. The van der Waals surface area contributed by atoms with E-state index in [1.54, 1.807) is 18.3 Å². The molecule has 41 heavy (non-hydrogen) atoms. The van der Waals surface area contributed by atoms with Gasteiger partial charge in [0.2, 0.25) is 0 Å². The number of nitriles is 1. The highest BCUT2D eigenvalue weighted by Gasteiger charge is 2.34. The highest BCUT2D eigenvalue weighted by atomic mass is 32.1. The minimum atomic E-state index is -0.443. The summed E-state index contributed by atoms with van der Waals surface area (Å²) in [5, 5.41) is 16.2. The summed E-state index contributed by atoms with van der Waals surface area (Å²) in [4.78, 5) is 30.8. The van der Waals surface area contributed by atoms with Crippen LogP contribution in [0.4, 0.5) is 10.1 Å². The Morgan fingerprint density at radius 1 is 1.02 bits per heavy atom. The van der Waals surface area contributed by atoms with Gasteiger partial charge >= 0.3 is 0 Å². The second kappa shape index (κ2) is 14.3. The number of rotatable bonds is 14. The maximum atomic E-state index is 13.3. The quantitative estimate of drug-likeness (QED) is 0.194. The third kappa shape index (κ3) is 6.65. The molecule has 1 atom stereocenters. The van der Waals surface area contributed by atoms with Crippen LogP contribution >= 0.6 is 11.3 Å². The fourth-order valence-electron chi connectivity index (χ4n) is 4.98. The van der Waals surface area contributed by atoms with E-state index < -0.39 is 5.91 Å². The molecular weight excluding hydrogens is 530 g/mol. The zero-order valence-corrected chi connectivity index (χ0v) is 25.8. The van der Waals surface area contributed by atoms with Crippen molar-refractivity contribution in [1.29, 1.82) is 5.26 Å². The fraction of sp³-hybridized carbons (Fsp3) is 0.500. The first-order valence-corrected chi connectivity index (χ1v) is 15.8. The molecular formula is C32H41N7OS. The summed E-state index contributed by atoms with van der Waals surface area (Å²) >= 11 is 1.55. The number of fused-ring (bicyclic) bond motifs is 1. The van der Waals surface area contributed by atoms with Gasteiger partial charge in [-0.05, 0) is 32.6 Å². The molecule has 0 saturated carbocycles. The molecule has 2 aromatic heterocycles. The first-order valence-electron chi connectivity index (χ1n) is 15.0. The Kier molecular flexibility index (Phi) is 10.6. The molecule has 216 valence electrons. The molecule has 3 heterocycles. The van der Waals surface area contributed by atoms with Gasteiger partial charge in [-0.2, -0.15) is 9.94 Å². The van der Waals surface area contributed by atoms with E-state index in [-0.39, 0.29) is 11.5 Å². The van der Waals surface area contributed by atoms with Gasteiger partial charge in [0.05, 0.1) is 0 Å². The SMILES string of the molecule is CCCCC(CC)c1nc2n(n1)C(=O)C(C#N)=C(C)C2=Nc1sc(N(CCCC)CCCC)nc1-c1ccccc1. The van der Waals surface area contributed by atoms with Crippen LogP contribution < -0.4 is 4.90 Å². The van der Waals surface area contributed by atoms with Crippen molar-refractivity contribution in [3.05, 3.63) is 53.1 Å². The van der Waals surface area contributed by atoms with Gasteiger partial charge in [-0.1, -0.05) is 95.0 Å². The molecule has 0 saturated heterocycles. The van der Waals surface area contributed by atoms with Gasteiger partial charge in [-0.25, -0.2) is 15.0 Å². The molecule has 9 heteroatoms. The Bertz CT molecular complexity index is 1440. The lowest BCUT2D eigenvalue weighted by Gasteiger charge is -2.21. The minimum Gasteiger partial charge on any atom is -0.348 e. The second-order valence-corrected chi connectivity index (χ2v) is 11.5. The van der Waals surface area contributed by atoms with Crippen molar-refractivity contribution in [2.75, 3.05) is 18.0 Å². The number of anilines is 1. The zero-order chi connectivity index (χ0) is 29.4. The van der Waals surface area contributed by atoms with Crippen molar-refractivity contribution in [1.82, 2.24) is 19.7 Å². The number of carbonyl (C=O) groups excluding carboxylic acids is 1. The monoisotopic (exact) mass is 571 g/mol. The predicted molar refractivity (Wildman–Crippen MR) is 167 cm³/mol. The van der Waals surface area contributed by atoms with Crippen LogP contribution in [0.1, 0.15) is 108 Å². The van der Waals surface area contributed by atoms with Crippen molar-refractivity contribution >= 4 is 33.1 Å². The van der Waals surface area contributed by atoms with Gasteiger partial charge in [-0.3, -0.25) is 4.79 Å². The Hall–Kier alpha value is -3.64. The number of hydrogen-bond acceptors (Lipinski definition) is 8. The first-order chi connectivity index (χ1) is 20.0. The lowest BCUT2D eigenvalue weighted by molar-refractivity contribution is 0.0941. The summed E-state index contributed by atoms with van der Waals surface area (Å²) in [6.07, 6.45) is 8.38. The van der Waals surface area contributed by atoms with E-state index in [2.05, 4.69) is 43.8 Å². The Balaban J connectivity index is 1.88. The summed E-state index contributed by atoms with van der Waals surface area (Å²) in [6, 6.07) is 12.2. The van der Waals surface area contributed by atoms with E-state index in [0.717, 1.165) is 85.8 Å². The van der Waals surface area contributed by atoms with Gasteiger partial charge in [-0.15, -0.1) is 5.10 Å². The maximum absolute atomic E-state index is 13.3. The number of aromatic nitrogens is 4. The first kappa shape index (κ1) is 30.3. The number of benzene rings is 1. The van der Waals surface area contributed by atoms with E-state index >= 15 is 0 Å². The van der Waals surface area contributed by atoms with Gasteiger partial charge in [0.15, 0.2) is 16.8 Å². The average Bonchev–Trinajstić information content (AvgIpc) is 3.62. The Morgan fingerprint density at radius 2 is 1.71 bits per heavy atom. The normalized spacial score (nSPS) is 14.8. The smallest absolute Gasteiger partial charge is 0.291 e. The number of allylic oxidation sites excluding steroid dienone is 2. The lowest BCUT2D eigenvalue weighted by Crippen LogP contribution is -2.28. The summed E-state index contributed by atoms with van der Waals surface area (Å²) in [7, 11) is 0. The molecule has 0 bridgehead atoms. The maximum Gasteiger partial charge on any atom is 0.291 e. The molecule has 3 aromatic rings. The summed E-state index contributed by atoms with van der Waals surface area (Å²) < 4.78 is 1.28. The Labute approximate surface area is 247 Å². The standard InChI is InChI=1S/C32H41N7OS/c1-6-10-16-23(9-4)28-36-29-26(22(5)25(21-33)31(40)39(29)37-28)34-30-27(24-17-14-13-15-18-24)35-32(41-30)38(19-11-7-2)20-12-8-3/h13-15,17-18,23H,6-12,16,19-20H2,1-5H3. The summed E-state index contributed by atoms with van der Waals surface area (Å²) in [5.41, 5.74) is 2.84. The number of hydrogen-bond donors (Lipinski definition) is 0. The molecule has 1 unspecified atom stereocenters. The van der Waals surface area contributed by atoms with E-state index in [4.69, 9.17) is 15.0 Å². The second-order valence-electron chi connectivity index (χ2n) is 10.5. The van der Waals surface area contributed by atoms with E-state index in [9.17, 15) is 10.1 Å². The van der Waals surface area contributed by atoms with Crippen molar-refractivity contribution in [3.8, 4) is 17.3 Å². The lowest BCUT2D eigenvalue weighted by atomic mass is 9.98. The molecule has 8 nitrogen and oxygen atoms in total. The molecule has 0 N–H and O–H groups in total. The van der Waals surface area contributed by atoms with Crippen LogP contribution in [0.15, 0.2) is 46.5 Å². The molecule has 0 amide bonds. The number of carbonyl (C=O) groups is 1. The van der Waals surface area contributed by atoms with Crippen LogP contribution in [0, 0.1) is 11.3 Å². The van der Waals surface area contributed by atoms with Crippen LogP contribution in [-0.4, -0.2) is 44.5 Å². The molecule has 0 fully saturated rings. The van der Waals surface area contributed by atoms with E-state index in [0.29, 0.717) is 22.9 Å². The van der Waals surface area contributed by atoms with Crippen molar-refractivity contribution < 1.29 is 4.79 Å². The molecule has 1 aliphatic heterocycles. The van der Waals surface area contributed by atoms with E-state index in [1.807, 2.05) is 30.3 Å².